The van der Waals surface area contributed by atoms with Gasteiger partial charge in [-0.05, 0) is 57.6 Å². The highest BCUT2D eigenvalue weighted by atomic mass is 16.5. The van der Waals surface area contributed by atoms with Crippen molar-refractivity contribution >= 4 is 0 Å². The van der Waals surface area contributed by atoms with E-state index in [1.807, 2.05) is 60.7 Å². The van der Waals surface area contributed by atoms with Gasteiger partial charge in [-0.3, -0.25) is 0 Å². The molecule has 4 heteroatoms. The van der Waals surface area contributed by atoms with E-state index in [2.05, 4.69) is 121 Å². The summed E-state index contributed by atoms with van der Waals surface area (Å²) < 4.78 is 6.64. The van der Waals surface area contributed by atoms with Crippen molar-refractivity contribution in [2.24, 2.45) is 0 Å². The van der Waals surface area contributed by atoms with Crippen LogP contribution in [0.25, 0.3) is 56.2 Å². The van der Waals surface area contributed by atoms with Gasteiger partial charge in [0.1, 0.15) is 17.6 Å². The maximum atomic E-state index is 10.2. The Kier molecular flexibility index (Phi) is 6.74. The molecule has 0 fully saturated rings. The van der Waals surface area contributed by atoms with Crippen molar-refractivity contribution in [3.05, 3.63) is 204 Å². The molecule has 1 spiro atoms. The summed E-state index contributed by atoms with van der Waals surface area (Å²) in [7, 11) is 0. The van der Waals surface area contributed by atoms with Crippen LogP contribution in [0, 0.1) is 11.3 Å². The first-order chi connectivity index (χ1) is 25.7. The number of aromatic nitrogens is 2. The molecule has 8 aromatic rings. The summed E-state index contributed by atoms with van der Waals surface area (Å²) in [6.07, 6.45) is 0. The molecular weight excluding hydrogens is 635 g/mol. The van der Waals surface area contributed by atoms with E-state index in [1.54, 1.807) is 0 Å². The van der Waals surface area contributed by atoms with Gasteiger partial charge >= 0.3 is 0 Å². The Morgan fingerprint density at radius 1 is 0.442 bits per heavy atom. The first kappa shape index (κ1) is 29.8. The van der Waals surface area contributed by atoms with E-state index in [4.69, 9.17) is 14.7 Å². The van der Waals surface area contributed by atoms with Crippen LogP contribution >= 0.6 is 0 Å². The van der Waals surface area contributed by atoms with Gasteiger partial charge in [0, 0.05) is 27.8 Å². The predicted octanol–water partition coefficient (Wildman–Crippen LogP) is 11.5. The lowest BCUT2D eigenvalue weighted by Crippen LogP contribution is -2.32. The van der Waals surface area contributed by atoms with E-state index in [0.717, 1.165) is 56.1 Å². The average Bonchev–Trinajstić information content (AvgIpc) is 3.52. The highest BCUT2D eigenvalue weighted by Crippen LogP contribution is 2.62. The van der Waals surface area contributed by atoms with Crippen LogP contribution in [0.2, 0.25) is 0 Å². The Balaban J connectivity index is 1.12. The maximum absolute atomic E-state index is 10.2. The number of nitrogens with zero attached hydrogens (tertiary/aromatic N) is 3. The fraction of sp³-hybridized carbons (Fsp3) is 0.0208. The van der Waals surface area contributed by atoms with E-state index < -0.39 is 5.41 Å². The van der Waals surface area contributed by atoms with E-state index in [9.17, 15) is 5.26 Å². The van der Waals surface area contributed by atoms with Crippen molar-refractivity contribution in [1.82, 2.24) is 9.97 Å². The largest absolute Gasteiger partial charge is 0.455 e. The molecule has 0 saturated carbocycles. The van der Waals surface area contributed by atoms with Crippen molar-refractivity contribution in [3.63, 3.8) is 0 Å². The number of benzene rings is 7. The van der Waals surface area contributed by atoms with Gasteiger partial charge in [0.15, 0.2) is 5.82 Å². The third kappa shape index (κ3) is 4.47. The normalized spacial score (nSPS) is 12.9. The van der Waals surface area contributed by atoms with Gasteiger partial charge in [-0.25, -0.2) is 9.97 Å². The summed E-state index contributed by atoms with van der Waals surface area (Å²) in [6.45, 7) is 0. The van der Waals surface area contributed by atoms with Crippen LogP contribution in [0.3, 0.4) is 0 Å². The summed E-state index contributed by atoms with van der Waals surface area (Å²) in [4.78, 5) is 9.99. The Bertz CT molecular complexity index is 2610. The van der Waals surface area contributed by atoms with E-state index in [-0.39, 0.29) is 0 Å². The molecule has 7 aromatic carbocycles. The third-order valence-corrected chi connectivity index (χ3v) is 10.4. The maximum Gasteiger partial charge on any atom is 0.160 e. The van der Waals surface area contributed by atoms with Crippen LogP contribution < -0.4 is 4.74 Å². The van der Waals surface area contributed by atoms with Gasteiger partial charge in [0.05, 0.1) is 22.4 Å². The first-order valence-corrected chi connectivity index (χ1v) is 17.4. The third-order valence-electron chi connectivity index (χ3n) is 10.4. The van der Waals surface area contributed by atoms with Gasteiger partial charge in [0.25, 0.3) is 0 Å². The number of fused-ring (bicyclic) bond motifs is 9. The fourth-order valence-electron chi connectivity index (χ4n) is 8.09. The summed E-state index contributed by atoms with van der Waals surface area (Å²) in [5, 5.41) is 10.2. The van der Waals surface area contributed by atoms with Gasteiger partial charge in [-0.15, -0.1) is 0 Å². The van der Waals surface area contributed by atoms with Crippen molar-refractivity contribution in [2.45, 2.75) is 5.41 Å². The lowest BCUT2D eigenvalue weighted by Gasteiger charge is -2.39. The first-order valence-electron chi connectivity index (χ1n) is 17.4. The second-order valence-electron chi connectivity index (χ2n) is 13.2. The van der Waals surface area contributed by atoms with Crippen molar-refractivity contribution in [1.29, 1.82) is 5.26 Å². The van der Waals surface area contributed by atoms with Gasteiger partial charge in [-0.2, -0.15) is 5.26 Å². The molecule has 0 amide bonds. The Morgan fingerprint density at radius 2 is 0.981 bits per heavy atom. The molecular formula is C48H29N3O. The summed E-state index contributed by atoms with van der Waals surface area (Å²) >= 11 is 0. The fourth-order valence-corrected chi connectivity index (χ4v) is 8.09. The Labute approximate surface area is 301 Å². The number of rotatable bonds is 4. The molecule has 0 radical (unpaired) electrons. The second kappa shape index (κ2) is 11.8. The number of ether oxygens (including phenoxy) is 1. The van der Waals surface area contributed by atoms with Crippen LogP contribution in [-0.4, -0.2) is 9.97 Å². The number of para-hydroxylation sites is 1. The molecule has 1 aliphatic carbocycles. The van der Waals surface area contributed by atoms with Crippen molar-refractivity contribution in [3.8, 4) is 73.7 Å². The molecule has 0 saturated heterocycles. The standard InChI is InChI=1S/C48H29N3O/c49-30-36-16-11-21-41-46(36)52-45-27-26-35(28-42(45)48(41)39-19-9-7-17-37(39)38-18-8-10-20-40(38)48)31-22-24-33(25-23-31)44-29-43(32-12-3-1-4-13-32)50-47(51-44)34-14-5-2-6-15-34/h1-29H. The minimum absolute atomic E-state index is 0.527. The molecule has 2 aliphatic rings. The zero-order valence-corrected chi connectivity index (χ0v) is 28.0. The van der Waals surface area contributed by atoms with Crippen molar-refractivity contribution < 1.29 is 4.74 Å². The Hall–Kier alpha value is -7.09. The zero-order valence-electron chi connectivity index (χ0n) is 28.0. The molecule has 1 aliphatic heterocycles. The molecule has 0 unspecified atom stereocenters. The topological polar surface area (TPSA) is 58.8 Å². The molecule has 0 N–H and O–H groups in total. The Morgan fingerprint density at radius 3 is 1.63 bits per heavy atom. The molecule has 10 rings (SSSR count). The quantitative estimate of drug-likeness (QED) is 0.188. The van der Waals surface area contributed by atoms with Crippen LogP contribution in [0.1, 0.15) is 27.8 Å². The highest BCUT2D eigenvalue weighted by molar-refractivity contribution is 5.89. The monoisotopic (exact) mass is 663 g/mol. The molecule has 0 atom stereocenters. The number of nitriles is 1. The van der Waals surface area contributed by atoms with Crippen LogP contribution in [0.4, 0.5) is 0 Å². The average molecular weight is 664 g/mol. The lowest BCUT2D eigenvalue weighted by molar-refractivity contribution is 0.435. The molecule has 0 bridgehead atoms. The lowest BCUT2D eigenvalue weighted by atomic mass is 9.65. The molecule has 4 nitrogen and oxygen atoms in total. The number of hydrogen-bond acceptors (Lipinski definition) is 4. The summed E-state index contributed by atoms with van der Waals surface area (Å²) in [5.74, 6) is 2.07. The van der Waals surface area contributed by atoms with Crippen LogP contribution in [0.15, 0.2) is 176 Å². The predicted molar refractivity (Wildman–Crippen MR) is 206 cm³/mol. The summed E-state index contributed by atoms with van der Waals surface area (Å²) in [5.41, 5.74) is 13.6. The highest BCUT2D eigenvalue weighted by Gasteiger charge is 2.51. The SMILES string of the molecule is N#Cc1cccc2c1Oc1ccc(-c3ccc(-c4cc(-c5ccccc5)nc(-c5ccccc5)n4)cc3)cc1C21c2ccccc2-c2ccccc21. The molecule has 2 heterocycles. The minimum atomic E-state index is -0.651. The minimum Gasteiger partial charge on any atom is -0.455 e. The van der Waals surface area contributed by atoms with E-state index in [1.165, 1.54) is 22.3 Å². The smallest absolute Gasteiger partial charge is 0.160 e. The van der Waals surface area contributed by atoms with Crippen LogP contribution in [0.5, 0.6) is 11.5 Å². The second-order valence-corrected chi connectivity index (χ2v) is 13.2. The molecule has 52 heavy (non-hydrogen) atoms. The number of hydrogen-bond donors (Lipinski definition) is 0. The van der Waals surface area contributed by atoms with Gasteiger partial charge < -0.3 is 4.74 Å². The summed E-state index contributed by atoms with van der Waals surface area (Å²) in [6, 6.07) is 63.1. The zero-order chi connectivity index (χ0) is 34.6. The van der Waals surface area contributed by atoms with Gasteiger partial charge in [-0.1, -0.05) is 152 Å². The van der Waals surface area contributed by atoms with E-state index in [0.29, 0.717) is 17.1 Å². The molecule has 1 aromatic heterocycles. The molecule has 242 valence electrons. The van der Waals surface area contributed by atoms with Crippen molar-refractivity contribution in [2.75, 3.05) is 0 Å². The van der Waals surface area contributed by atoms with E-state index >= 15 is 0 Å². The van der Waals surface area contributed by atoms with Gasteiger partial charge in [0.2, 0.25) is 0 Å². The van der Waals surface area contributed by atoms with Crippen LogP contribution in [-0.2, 0) is 5.41 Å².